The van der Waals surface area contributed by atoms with Crippen LogP contribution in [0.15, 0.2) is 53.1 Å². The summed E-state index contributed by atoms with van der Waals surface area (Å²) in [7, 11) is 0. The first-order valence-corrected chi connectivity index (χ1v) is 9.79. The van der Waals surface area contributed by atoms with Crippen LogP contribution in [-0.2, 0) is 6.61 Å². The molecule has 2 aromatic carbocycles. The monoisotopic (exact) mass is 412 g/mol. The van der Waals surface area contributed by atoms with E-state index in [1.807, 2.05) is 41.3 Å². The fraction of sp³-hybridized carbons (Fsp3) is 0.286. The number of amides is 1. The van der Waals surface area contributed by atoms with Gasteiger partial charge in [-0.1, -0.05) is 35.0 Å². The molecule has 7 nitrogen and oxygen atoms in total. The summed E-state index contributed by atoms with van der Waals surface area (Å²) in [5.74, 6) is 1.39. The number of nitrogens with zero attached hydrogens (tertiary/aromatic N) is 4. The third-order valence-electron chi connectivity index (χ3n) is 4.78. The van der Waals surface area contributed by atoms with E-state index in [-0.39, 0.29) is 12.5 Å². The predicted molar refractivity (Wildman–Crippen MR) is 109 cm³/mol. The minimum absolute atomic E-state index is 0.0457. The topological polar surface area (TPSA) is 71.7 Å². The highest BCUT2D eigenvalue weighted by atomic mass is 35.5. The van der Waals surface area contributed by atoms with Gasteiger partial charge >= 0.3 is 0 Å². The van der Waals surface area contributed by atoms with E-state index in [1.54, 1.807) is 19.1 Å². The highest BCUT2D eigenvalue weighted by Gasteiger charge is 2.24. The van der Waals surface area contributed by atoms with Crippen molar-refractivity contribution in [3.63, 3.8) is 0 Å². The number of hydrogen-bond donors (Lipinski definition) is 0. The molecule has 1 aromatic heterocycles. The van der Waals surface area contributed by atoms with Gasteiger partial charge in [0.1, 0.15) is 5.75 Å². The van der Waals surface area contributed by atoms with E-state index in [0.29, 0.717) is 41.1 Å². The van der Waals surface area contributed by atoms with Crippen molar-refractivity contribution < 1.29 is 14.1 Å². The molecule has 1 fully saturated rings. The number of aromatic nitrogens is 2. The van der Waals surface area contributed by atoms with Crippen molar-refractivity contribution in [2.45, 2.75) is 13.5 Å². The zero-order valence-corrected chi connectivity index (χ0v) is 16.8. The van der Waals surface area contributed by atoms with Crippen LogP contribution in [0.2, 0.25) is 5.02 Å². The summed E-state index contributed by atoms with van der Waals surface area (Å²) in [5.41, 5.74) is 1.60. The van der Waals surface area contributed by atoms with Crippen molar-refractivity contribution in [3.05, 3.63) is 70.8 Å². The molecular formula is C21H21ClN4O3. The molecule has 0 unspecified atom stereocenters. The standard InChI is InChI=1S/C21H21ClN4O3/c1-15-23-20(24-29-15)14-28-19-8-3-2-7-18(19)21(27)26-11-9-25(10-12-26)17-6-4-5-16(22)13-17/h2-8,13H,9-12,14H2,1H3. The van der Waals surface area contributed by atoms with E-state index in [1.165, 1.54) is 0 Å². The molecule has 150 valence electrons. The van der Waals surface area contributed by atoms with Crippen LogP contribution in [0.5, 0.6) is 5.75 Å². The van der Waals surface area contributed by atoms with Crippen molar-refractivity contribution in [2.75, 3.05) is 31.1 Å². The SMILES string of the molecule is Cc1nc(COc2ccccc2C(=O)N2CCN(c3cccc(Cl)c3)CC2)no1. The average Bonchev–Trinajstić information content (AvgIpc) is 3.17. The summed E-state index contributed by atoms with van der Waals surface area (Å²) in [6.07, 6.45) is 0. The second kappa shape index (κ2) is 8.53. The number of anilines is 1. The molecule has 1 aliphatic rings. The number of carbonyl (C=O) groups excluding carboxylic acids is 1. The molecule has 1 saturated heterocycles. The Hall–Kier alpha value is -3.06. The molecule has 3 aromatic rings. The lowest BCUT2D eigenvalue weighted by atomic mass is 10.1. The Balaban J connectivity index is 1.41. The van der Waals surface area contributed by atoms with Crippen LogP contribution in [0.3, 0.4) is 0 Å². The van der Waals surface area contributed by atoms with Crippen LogP contribution in [0.1, 0.15) is 22.1 Å². The van der Waals surface area contributed by atoms with Crippen molar-refractivity contribution >= 4 is 23.2 Å². The number of rotatable bonds is 5. The first kappa shape index (κ1) is 19.3. The molecular weight excluding hydrogens is 392 g/mol. The van der Waals surface area contributed by atoms with Gasteiger partial charge in [0.05, 0.1) is 5.56 Å². The Morgan fingerprint density at radius 2 is 1.93 bits per heavy atom. The summed E-state index contributed by atoms with van der Waals surface area (Å²) in [4.78, 5) is 21.3. The molecule has 1 amide bonds. The number of para-hydroxylation sites is 1. The van der Waals surface area contributed by atoms with E-state index in [2.05, 4.69) is 15.0 Å². The highest BCUT2D eigenvalue weighted by Crippen LogP contribution is 2.24. The summed E-state index contributed by atoms with van der Waals surface area (Å²) in [5, 5.41) is 4.53. The fourth-order valence-corrected chi connectivity index (χ4v) is 3.51. The van der Waals surface area contributed by atoms with Gasteiger partial charge in [0.2, 0.25) is 11.7 Å². The summed E-state index contributed by atoms with van der Waals surface area (Å²) in [6, 6.07) is 15.0. The first-order valence-electron chi connectivity index (χ1n) is 9.41. The first-order chi connectivity index (χ1) is 14.1. The third-order valence-corrected chi connectivity index (χ3v) is 5.02. The van der Waals surface area contributed by atoms with Gasteiger partial charge in [0.15, 0.2) is 6.61 Å². The fourth-order valence-electron chi connectivity index (χ4n) is 3.32. The van der Waals surface area contributed by atoms with E-state index in [0.717, 1.165) is 18.8 Å². The lowest BCUT2D eigenvalue weighted by Crippen LogP contribution is -2.48. The second-order valence-electron chi connectivity index (χ2n) is 6.77. The Bertz CT molecular complexity index is 999. The zero-order chi connectivity index (χ0) is 20.2. The number of halogens is 1. The van der Waals surface area contributed by atoms with Crippen molar-refractivity contribution in [3.8, 4) is 5.75 Å². The van der Waals surface area contributed by atoms with Crippen molar-refractivity contribution in [1.82, 2.24) is 15.0 Å². The van der Waals surface area contributed by atoms with Gasteiger partial charge in [0.25, 0.3) is 5.91 Å². The smallest absolute Gasteiger partial charge is 0.257 e. The van der Waals surface area contributed by atoms with E-state index in [9.17, 15) is 4.79 Å². The number of ether oxygens (including phenoxy) is 1. The van der Waals surface area contributed by atoms with Gasteiger partial charge in [-0.25, -0.2) is 0 Å². The minimum Gasteiger partial charge on any atom is -0.485 e. The Morgan fingerprint density at radius 3 is 2.66 bits per heavy atom. The lowest BCUT2D eigenvalue weighted by Gasteiger charge is -2.36. The molecule has 0 spiro atoms. The maximum absolute atomic E-state index is 13.1. The van der Waals surface area contributed by atoms with E-state index in [4.69, 9.17) is 20.9 Å². The molecule has 1 aliphatic heterocycles. The molecule has 0 aliphatic carbocycles. The van der Waals surface area contributed by atoms with Crippen molar-refractivity contribution in [2.24, 2.45) is 0 Å². The third kappa shape index (κ3) is 4.51. The Morgan fingerprint density at radius 1 is 1.14 bits per heavy atom. The van der Waals surface area contributed by atoms with Gasteiger partial charge in [-0.05, 0) is 30.3 Å². The normalized spacial score (nSPS) is 14.1. The Kier molecular flexibility index (Phi) is 5.67. The lowest BCUT2D eigenvalue weighted by molar-refractivity contribution is 0.0741. The van der Waals surface area contributed by atoms with E-state index < -0.39 is 0 Å². The van der Waals surface area contributed by atoms with Crippen molar-refractivity contribution in [1.29, 1.82) is 0 Å². The van der Waals surface area contributed by atoms with Crippen LogP contribution in [0.4, 0.5) is 5.69 Å². The minimum atomic E-state index is -0.0457. The summed E-state index contributed by atoms with van der Waals surface area (Å²) in [6.45, 7) is 4.61. The largest absolute Gasteiger partial charge is 0.485 e. The van der Waals surface area contributed by atoms with Crippen LogP contribution in [0.25, 0.3) is 0 Å². The second-order valence-corrected chi connectivity index (χ2v) is 7.21. The molecule has 2 heterocycles. The maximum atomic E-state index is 13.1. The highest BCUT2D eigenvalue weighted by molar-refractivity contribution is 6.30. The average molecular weight is 413 g/mol. The molecule has 0 atom stereocenters. The predicted octanol–water partition coefficient (Wildman–Crippen LogP) is 3.57. The Labute approximate surface area is 173 Å². The van der Waals surface area contributed by atoms with Gasteiger partial charge in [-0.15, -0.1) is 0 Å². The van der Waals surface area contributed by atoms with Gasteiger partial charge in [-0.3, -0.25) is 4.79 Å². The van der Waals surface area contributed by atoms with E-state index >= 15 is 0 Å². The molecule has 29 heavy (non-hydrogen) atoms. The summed E-state index contributed by atoms with van der Waals surface area (Å²) < 4.78 is 10.7. The van der Waals surface area contributed by atoms with Gasteiger partial charge < -0.3 is 19.1 Å². The number of aryl methyl sites for hydroxylation is 1. The van der Waals surface area contributed by atoms with Crippen LogP contribution >= 0.6 is 11.6 Å². The van der Waals surface area contributed by atoms with Crippen LogP contribution in [-0.4, -0.2) is 47.1 Å². The number of carbonyl (C=O) groups is 1. The number of hydrogen-bond acceptors (Lipinski definition) is 6. The zero-order valence-electron chi connectivity index (χ0n) is 16.0. The number of piperazine rings is 1. The van der Waals surface area contributed by atoms with Crippen LogP contribution < -0.4 is 9.64 Å². The molecule has 0 N–H and O–H groups in total. The molecule has 0 saturated carbocycles. The van der Waals surface area contributed by atoms with Gasteiger partial charge in [0, 0.05) is 43.8 Å². The van der Waals surface area contributed by atoms with Crippen LogP contribution in [0, 0.1) is 6.92 Å². The van der Waals surface area contributed by atoms with Gasteiger partial charge in [-0.2, -0.15) is 4.98 Å². The maximum Gasteiger partial charge on any atom is 0.257 e. The molecule has 0 radical (unpaired) electrons. The molecule has 4 rings (SSSR count). The summed E-state index contributed by atoms with van der Waals surface area (Å²) >= 11 is 6.10. The quantitative estimate of drug-likeness (QED) is 0.638. The molecule has 8 heteroatoms. The number of benzene rings is 2. The molecule has 0 bridgehead atoms.